The highest BCUT2D eigenvalue weighted by atomic mass is 16.3. The standard InChI is InChI=1S/C15H25N3O2/c1-10(2)8-12(9-19)18-15(20)13-6-5-7-16-14(13)17-11(3)4/h5-7,10-12,19H,8-9H2,1-4H3,(H,16,17)(H,18,20). The second-order valence-electron chi connectivity index (χ2n) is 5.68. The van der Waals surface area contributed by atoms with Gasteiger partial charge in [0, 0.05) is 12.2 Å². The Morgan fingerprint density at radius 3 is 2.60 bits per heavy atom. The summed E-state index contributed by atoms with van der Waals surface area (Å²) in [5, 5.41) is 15.4. The molecule has 0 saturated carbocycles. The molecule has 20 heavy (non-hydrogen) atoms. The number of carbonyl (C=O) groups is 1. The Labute approximate surface area is 120 Å². The molecule has 1 unspecified atom stereocenters. The smallest absolute Gasteiger partial charge is 0.255 e. The fourth-order valence-corrected chi connectivity index (χ4v) is 1.99. The summed E-state index contributed by atoms with van der Waals surface area (Å²) < 4.78 is 0. The highest BCUT2D eigenvalue weighted by Crippen LogP contribution is 2.13. The molecule has 0 aliphatic carbocycles. The molecule has 1 aromatic rings. The predicted molar refractivity (Wildman–Crippen MR) is 80.8 cm³/mol. The summed E-state index contributed by atoms with van der Waals surface area (Å²) in [7, 11) is 0. The Bertz CT molecular complexity index is 433. The van der Waals surface area contributed by atoms with E-state index < -0.39 is 0 Å². The van der Waals surface area contributed by atoms with Gasteiger partial charge < -0.3 is 15.7 Å². The summed E-state index contributed by atoms with van der Waals surface area (Å²) in [4.78, 5) is 16.5. The van der Waals surface area contributed by atoms with E-state index >= 15 is 0 Å². The minimum atomic E-state index is -0.227. The lowest BCUT2D eigenvalue weighted by molar-refractivity contribution is 0.0909. The van der Waals surface area contributed by atoms with Crippen molar-refractivity contribution >= 4 is 11.7 Å². The maximum absolute atomic E-state index is 12.3. The van der Waals surface area contributed by atoms with Crippen LogP contribution in [-0.2, 0) is 0 Å². The maximum Gasteiger partial charge on any atom is 0.255 e. The van der Waals surface area contributed by atoms with Crippen LogP contribution in [0.4, 0.5) is 5.82 Å². The minimum absolute atomic E-state index is 0.0584. The van der Waals surface area contributed by atoms with E-state index in [4.69, 9.17) is 0 Å². The molecule has 1 rings (SSSR count). The average molecular weight is 279 g/mol. The molecule has 3 N–H and O–H groups in total. The molecule has 1 amide bonds. The number of amides is 1. The van der Waals surface area contributed by atoms with Gasteiger partial charge in [-0.25, -0.2) is 4.98 Å². The number of pyridine rings is 1. The molecule has 0 saturated heterocycles. The third kappa shape index (κ3) is 5.17. The van der Waals surface area contributed by atoms with Gasteiger partial charge in [-0.1, -0.05) is 13.8 Å². The number of hydrogen-bond donors (Lipinski definition) is 3. The maximum atomic E-state index is 12.3. The van der Waals surface area contributed by atoms with E-state index in [0.29, 0.717) is 17.3 Å². The summed E-state index contributed by atoms with van der Waals surface area (Å²) >= 11 is 0. The van der Waals surface area contributed by atoms with Crippen LogP contribution in [0.5, 0.6) is 0 Å². The summed E-state index contributed by atoms with van der Waals surface area (Å²) in [6.45, 7) is 8.05. The quantitative estimate of drug-likeness (QED) is 0.714. The number of aliphatic hydroxyl groups is 1. The summed E-state index contributed by atoms with van der Waals surface area (Å²) in [5.41, 5.74) is 0.503. The van der Waals surface area contributed by atoms with Crippen LogP contribution in [-0.4, -0.2) is 34.7 Å². The van der Waals surface area contributed by atoms with Crippen LogP contribution in [0.3, 0.4) is 0 Å². The Balaban J connectivity index is 2.80. The van der Waals surface area contributed by atoms with Gasteiger partial charge in [0.2, 0.25) is 0 Å². The van der Waals surface area contributed by atoms with Gasteiger partial charge >= 0.3 is 0 Å². The average Bonchev–Trinajstić information content (AvgIpc) is 2.37. The first-order valence-electron chi connectivity index (χ1n) is 7.07. The first-order chi connectivity index (χ1) is 9.43. The van der Waals surface area contributed by atoms with Gasteiger partial charge in [0.05, 0.1) is 18.2 Å². The largest absolute Gasteiger partial charge is 0.394 e. The molecule has 0 radical (unpaired) electrons. The monoisotopic (exact) mass is 279 g/mol. The number of aromatic nitrogens is 1. The highest BCUT2D eigenvalue weighted by Gasteiger charge is 2.17. The van der Waals surface area contributed by atoms with Gasteiger partial charge in [-0.05, 0) is 38.3 Å². The van der Waals surface area contributed by atoms with Crippen LogP contribution >= 0.6 is 0 Å². The molecule has 1 atom stereocenters. The van der Waals surface area contributed by atoms with Crippen LogP contribution in [0.1, 0.15) is 44.5 Å². The third-order valence-corrected chi connectivity index (χ3v) is 2.79. The van der Waals surface area contributed by atoms with Crippen molar-refractivity contribution in [1.82, 2.24) is 10.3 Å². The topological polar surface area (TPSA) is 74.2 Å². The van der Waals surface area contributed by atoms with Crippen molar-refractivity contribution in [2.45, 2.75) is 46.2 Å². The molecule has 1 heterocycles. The molecular formula is C15H25N3O2. The highest BCUT2D eigenvalue weighted by molar-refractivity contribution is 5.98. The van der Waals surface area contributed by atoms with Gasteiger partial charge in [0.15, 0.2) is 0 Å². The molecule has 0 aliphatic rings. The van der Waals surface area contributed by atoms with Crippen LogP contribution in [0.2, 0.25) is 0 Å². The molecular weight excluding hydrogens is 254 g/mol. The number of carbonyl (C=O) groups excluding carboxylic acids is 1. The minimum Gasteiger partial charge on any atom is -0.394 e. The van der Waals surface area contributed by atoms with Gasteiger partial charge in [0.25, 0.3) is 5.91 Å². The molecule has 0 fully saturated rings. The SMILES string of the molecule is CC(C)CC(CO)NC(=O)c1cccnc1NC(C)C. The Kier molecular flexibility index (Phi) is 6.45. The van der Waals surface area contributed by atoms with E-state index in [1.54, 1.807) is 18.3 Å². The van der Waals surface area contributed by atoms with Crippen molar-refractivity contribution in [3.63, 3.8) is 0 Å². The van der Waals surface area contributed by atoms with Crippen molar-refractivity contribution in [2.75, 3.05) is 11.9 Å². The van der Waals surface area contributed by atoms with Gasteiger partial charge in [-0.15, -0.1) is 0 Å². The number of rotatable bonds is 7. The molecule has 112 valence electrons. The van der Waals surface area contributed by atoms with E-state index in [2.05, 4.69) is 29.5 Å². The molecule has 5 heteroatoms. The van der Waals surface area contributed by atoms with Crippen LogP contribution in [0.15, 0.2) is 18.3 Å². The Hall–Kier alpha value is -1.62. The second-order valence-corrected chi connectivity index (χ2v) is 5.68. The van der Waals surface area contributed by atoms with E-state index in [9.17, 15) is 9.90 Å². The summed E-state index contributed by atoms with van der Waals surface area (Å²) in [6, 6.07) is 3.43. The van der Waals surface area contributed by atoms with Crippen molar-refractivity contribution in [2.24, 2.45) is 5.92 Å². The summed E-state index contributed by atoms with van der Waals surface area (Å²) in [5.74, 6) is 0.775. The van der Waals surface area contributed by atoms with Crippen LogP contribution in [0, 0.1) is 5.92 Å². The molecule has 1 aromatic heterocycles. The van der Waals surface area contributed by atoms with Crippen molar-refractivity contribution in [3.05, 3.63) is 23.9 Å². The fourth-order valence-electron chi connectivity index (χ4n) is 1.99. The van der Waals surface area contributed by atoms with Crippen LogP contribution in [0.25, 0.3) is 0 Å². The van der Waals surface area contributed by atoms with Crippen LogP contribution < -0.4 is 10.6 Å². The van der Waals surface area contributed by atoms with Crippen molar-refractivity contribution in [1.29, 1.82) is 0 Å². The second kappa shape index (κ2) is 7.85. The lowest BCUT2D eigenvalue weighted by atomic mass is 10.0. The Morgan fingerprint density at radius 1 is 1.35 bits per heavy atom. The van der Waals surface area contributed by atoms with Gasteiger partial charge in [0.1, 0.15) is 5.82 Å². The third-order valence-electron chi connectivity index (χ3n) is 2.79. The zero-order valence-electron chi connectivity index (χ0n) is 12.7. The van der Waals surface area contributed by atoms with E-state index in [0.717, 1.165) is 6.42 Å². The van der Waals surface area contributed by atoms with Gasteiger partial charge in [-0.3, -0.25) is 4.79 Å². The molecule has 0 aliphatic heterocycles. The lowest BCUT2D eigenvalue weighted by Crippen LogP contribution is -2.38. The number of hydrogen-bond acceptors (Lipinski definition) is 4. The van der Waals surface area contributed by atoms with E-state index in [-0.39, 0.29) is 24.6 Å². The molecule has 0 bridgehead atoms. The number of anilines is 1. The summed E-state index contributed by atoms with van der Waals surface area (Å²) in [6.07, 6.45) is 2.40. The zero-order valence-corrected chi connectivity index (χ0v) is 12.7. The molecule has 0 spiro atoms. The van der Waals surface area contributed by atoms with Crippen molar-refractivity contribution < 1.29 is 9.90 Å². The van der Waals surface area contributed by atoms with Crippen molar-refractivity contribution in [3.8, 4) is 0 Å². The predicted octanol–water partition coefficient (Wildman–Crippen LogP) is 2.04. The van der Waals surface area contributed by atoms with E-state index in [1.807, 2.05) is 13.8 Å². The number of nitrogens with zero attached hydrogens (tertiary/aromatic N) is 1. The molecule has 5 nitrogen and oxygen atoms in total. The number of nitrogens with one attached hydrogen (secondary N) is 2. The first kappa shape index (κ1) is 16.4. The Morgan fingerprint density at radius 2 is 2.05 bits per heavy atom. The van der Waals surface area contributed by atoms with Gasteiger partial charge in [-0.2, -0.15) is 0 Å². The van der Waals surface area contributed by atoms with E-state index in [1.165, 1.54) is 0 Å². The zero-order chi connectivity index (χ0) is 15.1. The normalized spacial score (nSPS) is 12.6. The lowest BCUT2D eigenvalue weighted by Gasteiger charge is -2.19. The molecule has 0 aromatic carbocycles. The number of aliphatic hydroxyl groups excluding tert-OH is 1. The first-order valence-corrected chi connectivity index (χ1v) is 7.07. The fraction of sp³-hybridized carbons (Fsp3) is 0.600.